The molecular weight excluding hydrogens is 378 g/mol. The van der Waals surface area contributed by atoms with Crippen molar-refractivity contribution < 1.29 is 19.4 Å². The largest absolute Gasteiger partial charge is 0.507 e. The normalized spacial score (nSPS) is 17.9. The van der Waals surface area contributed by atoms with Gasteiger partial charge in [-0.3, -0.25) is 9.59 Å². The van der Waals surface area contributed by atoms with Crippen molar-refractivity contribution in [3.63, 3.8) is 0 Å². The molecule has 0 radical (unpaired) electrons. The third-order valence-electron chi connectivity index (χ3n) is 5.19. The van der Waals surface area contributed by atoms with Crippen molar-refractivity contribution in [2.24, 2.45) is 0 Å². The number of rotatable bonds is 5. The molecule has 0 aromatic heterocycles. The van der Waals surface area contributed by atoms with E-state index in [1.54, 1.807) is 24.3 Å². The van der Waals surface area contributed by atoms with Crippen molar-refractivity contribution in [1.29, 1.82) is 0 Å². The molecule has 5 nitrogen and oxygen atoms in total. The Morgan fingerprint density at radius 1 is 0.933 bits per heavy atom. The summed E-state index contributed by atoms with van der Waals surface area (Å²) < 4.78 is 5.23. The fourth-order valence-electron chi connectivity index (χ4n) is 3.73. The number of benzene rings is 3. The molecule has 1 atom stereocenters. The number of nitrogens with zero attached hydrogens (tertiary/aromatic N) is 1. The van der Waals surface area contributed by atoms with E-state index < -0.39 is 17.7 Å². The van der Waals surface area contributed by atoms with Crippen molar-refractivity contribution in [2.45, 2.75) is 12.6 Å². The number of Topliss-reactive ketones (excluding diaryl/α,β-unsaturated/α-hetero) is 1. The molecule has 1 N–H and O–H groups in total. The van der Waals surface area contributed by atoms with Gasteiger partial charge in [0.05, 0.1) is 18.7 Å². The highest BCUT2D eigenvalue weighted by molar-refractivity contribution is 6.46. The van der Waals surface area contributed by atoms with E-state index in [4.69, 9.17) is 4.74 Å². The summed E-state index contributed by atoms with van der Waals surface area (Å²) in [4.78, 5) is 27.5. The van der Waals surface area contributed by atoms with Crippen molar-refractivity contribution in [3.05, 3.63) is 107 Å². The number of methoxy groups -OCH3 is 1. The Bertz CT molecular complexity index is 1110. The van der Waals surface area contributed by atoms with E-state index in [9.17, 15) is 14.7 Å². The molecule has 150 valence electrons. The van der Waals surface area contributed by atoms with Crippen LogP contribution in [0.3, 0.4) is 0 Å². The second kappa shape index (κ2) is 8.25. The zero-order valence-corrected chi connectivity index (χ0v) is 16.5. The lowest BCUT2D eigenvalue weighted by atomic mass is 9.95. The molecular formula is C25H21NO4. The molecule has 1 fully saturated rings. The third-order valence-corrected chi connectivity index (χ3v) is 5.19. The number of carbonyl (C=O) groups excluding carboxylic acids is 2. The monoisotopic (exact) mass is 399 g/mol. The highest BCUT2D eigenvalue weighted by Crippen LogP contribution is 2.40. The molecule has 4 rings (SSSR count). The first-order valence-corrected chi connectivity index (χ1v) is 9.62. The first-order chi connectivity index (χ1) is 14.6. The fourth-order valence-corrected chi connectivity index (χ4v) is 3.73. The van der Waals surface area contributed by atoms with E-state index in [0.717, 1.165) is 11.1 Å². The van der Waals surface area contributed by atoms with Crippen LogP contribution in [0.15, 0.2) is 90.5 Å². The van der Waals surface area contributed by atoms with Gasteiger partial charge < -0.3 is 14.7 Å². The van der Waals surface area contributed by atoms with Crippen LogP contribution >= 0.6 is 0 Å². The molecule has 0 spiro atoms. The number of aliphatic hydroxyl groups is 1. The summed E-state index contributed by atoms with van der Waals surface area (Å²) in [5.41, 5.74) is 2.17. The maximum atomic E-state index is 13.0. The SMILES string of the molecule is COc1cccc(/C(O)=C2\C(=O)C(=O)N(Cc3ccccc3)C2c2ccccc2)c1. The Hall–Kier alpha value is -3.86. The maximum Gasteiger partial charge on any atom is 0.295 e. The minimum atomic E-state index is -0.694. The number of amides is 1. The van der Waals surface area contributed by atoms with Crippen LogP contribution in [-0.4, -0.2) is 28.8 Å². The second-order valence-electron chi connectivity index (χ2n) is 7.06. The summed E-state index contributed by atoms with van der Waals surface area (Å²) in [5, 5.41) is 11.1. The molecule has 1 amide bonds. The minimum absolute atomic E-state index is 0.0791. The number of ketones is 1. The topological polar surface area (TPSA) is 66.8 Å². The summed E-state index contributed by atoms with van der Waals surface area (Å²) in [5.74, 6) is -0.984. The predicted molar refractivity (Wildman–Crippen MR) is 114 cm³/mol. The van der Waals surface area contributed by atoms with Crippen LogP contribution in [0.5, 0.6) is 5.75 Å². The van der Waals surface area contributed by atoms with Gasteiger partial charge in [-0.2, -0.15) is 0 Å². The van der Waals surface area contributed by atoms with Gasteiger partial charge in [0.15, 0.2) is 0 Å². The highest BCUT2D eigenvalue weighted by Gasteiger charge is 2.46. The van der Waals surface area contributed by atoms with Crippen LogP contribution in [0.25, 0.3) is 5.76 Å². The molecule has 1 unspecified atom stereocenters. The quantitative estimate of drug-likeness (QED) is 0.394. The lowest BCUT2D eigenvalue weighted by molar-refractivity contribution is -0.140. The van der Waals surface area contributed by atoms with Crippen LogP contribution in [0.4, 0.5) is 0 Å². The van der Waals surface area contributed by atoms with Crippen molar-refractivity contribution in [3.8, 4) is 5.75 Å². The smallest absolute Gasteiger partial charge is 0.295 e. The first-order valence-electron chi connectivity index (χ1n) is 9.62. The number of carbonyl (C=O) groups is 2. The minimum Gasteiger partial charge on any atom is -0.507 e. The van der Waals surface area contributed by atoms with Gasteiger partial charge in [-0.05, 0) is 23.3 Å². The molecule has 0 saturated carbocycles. The van der Waals surface area contributed by atoms with Gasteiger partial charge in [-0.1, -0.05) is 72.8 Å². The molecule has 1 saturated heterocycles. The fraction of sp³-hybridized carbons (Fsp3) is 0.120. The molecule has 1 aliphatic rings. The lowest BCUT2D eigenvalue weighted by Gasteiger charge is -2.25. The Morgan fingerprint density at radius 3 is 2.27 bits per heavy atom. The molecule has 3 aromatic rings. The van der Waals surface area contributed by atoms with Gasteiger partial charge in [-0.25, -0.2) is 0 Å². The van der Waals surface area contributed by atoms with E-state index in [1.165, 1.54) is 12.0 Å². The van der Waals surface area contributed by atoms with Gasteiger partial charge in [-0.15, -0.1) is 0 Å². The van der Waals surface area contributed by atoms with Crippen LogP contribution in [0.2, 0.25) is 0 Å². The Morgan fingerprint density at radius 2 is 1.60 bits per heavy atom. The lowest BCUT2D eigenvalue weighted by Crippen LogP contribution is -2.29. The molecule has 30 heavy (non-hydrogen) atoms. The average molecular weight is 399 g/mol. The van der Waals surface area contributed by atoms with Gasteiger partial charge in [0.1, 0.15) is 11.5 Å². The number of aliphatic hydroxyl groups excluding tert-OH is 1. The number of ether oxygens (including phenoxy) is 1. The molecule has 3 aromatic carbocycles. The van der Waals surface area contributed by atoms with Gasteiger partial charge in [0.2, 0.25) is 0 Å². The van der Waals surface area contributed by atoms with Crippen molar-refractivity contribution in [2.75, 3.05) is 7.11 Å². The Kier molecular flexibility index (Phi) is 5.35. The summed E-state index contributed by atoms with van der Waals surface area (Å²) in [6.45, 7) is 0.264. The van der Waals surface area contributed by atoms with E-state index in [2.05, 4.69) is 0 Å². The van der Waals surface area contributed by atoms with E-state index in [0.29, 0.717) is 11.3 Å². The number of hydrogen-bond donors (Lipinski definition) is 1. The summed E-state index contributed by atoms with van der Waals surface area (Å²) in [7, 11) is 1.53. The number of likely N-dealkylation sites (tertiary alicyclic amines) is 1. The van der Waals surface area contributed by atoms with E-state index >= 15 is 0 Å². The van der Waals surface area contributed by atoms with Gasteiger partial charge >= 0.3 is 0 Å². The van der Waals surface area contributed by atoms with Crippen LogP contribution in [0.1, 0.15) is 22.7 Å². The van der Waals surface area contributed by atoms with E-state index in [-0.39, 0.29) is 17.9 Å². The summed E-state index contributed by atoms with van der Waals surface area (Å²) >= 11 is 0. The van der Waals surface area contributed by atoms with Crippen LogP contribution in [-0.2, 0) is 16.1 Å². The zero-order valence-electron chi connectivity index (χ0n) is 16.5. The zero-order chi connectivity index (χ0) is 21.1. The van der Waals surface area contributed by atoms with Crippen LogP contribution in [0, 0.1) is 0 Å². The highest BCUT2D eigenvalue weighted by atomic mass is 16.5. The third kappa shape index (κ3) is 3.57. The summed E-state index contributed by atoms with van der Waals surface area (Å²) in [6, 6.07) is 24.9. The van der Waals surface area contributed by atoms with Crippen molar-refractivity contribution in [1.82, 2.24) is 4.90 Å². The second-order valence-corrected chi connectivity index (χ2v) is 7.06. The molecule has 1 aliphatic heterocycles. The first kappa shape index (κ1) is 19.5. The van der Waals surface area contributed by atoms with Gasteiger partial charge in [0, 0.05) is 12.1 Å². The molecule has 1 heterocycles. The molecule has 5 heteroatoms. The standard InChI is InChI=1S/C25H21NO4/c1-30-20-14-8-13-19(15-20)23(27)21-22(18-11-6-3-7-12-18)26(25(29)24(21)28)16-17-9-4-2-5-10-17/h2-15,22,27H,16H2,1H3/b23-21+. The maximum absolute atomic E-state index is 13.0. The average Bonchev–Trinajstić information content (AvgIpc) is 3.05. The number of hydrogen-bond acceptors (Lipinski definition) is 4. The predicted octanol–water partition coefficient (Wildman–Crippen LogP) is 4.32. The molecule has 0 aliphatic carbocycles. The van der Waals surface area contributed by atoms with Crippen LogP contribution < -0.4 is 4.74 Å². The Balaban J connectivity index is 1.85. The van der Waals surface area contributed by atoms with E-state index in [1.807, 2.05) is 60.7 Å². The van der Waals surface area contributed by atoms with Gasteiger partial charge in [0.25, 0.3) is 11.7 Å². The summed E-state index contributed by atoms with van der Waals surface area (Å²) in [6.07, 6.45) is 0. The Labute approximate surface area is 174 Å². The van der Waals surface area contributed by atoms with Crippen molar-refractivity contribution >= 4 is 17.4 Å². The molecule has 0 bridgehead atoms.